The normalized spacial score (nSPS) is 15.5. The van der Waals surface area contributed by atoms with Gasteiger partial charge in [0.05, 0.1) is 11.4 Å². The summed E-state index contributed by atoms with van der Waals surface area (Å²) in [5.41, 5.74) is 6.21. The van der Waals surface area contributed by atoms with Crippen LogP contribution in [0.15, 0.2) is 35.2 Å². The van der Waals surface area contributed by atoms with E-state index in [1.54, 1.807) is 30.8 Å². The Balaban J connectivity index is 1.76. The molecule has 4 rings (SSSR count). The zero-order valence-electron chi connectivity index (χ0n) is 16.9. The predicted molar refractivity (Wildman–Crippen MR) is 123 cm³/mol. The molecule has 1 atom stereocenters. The van der Waals surface area contributed by atoms with E-state index < -0.39 is 10.4 Å². The van der Waals surface area contributed by atoms with Crippen LogP contribution in [0.25, 0.3) is 11.1 Å². The predicted octanol–water partition coefficient (Wildman–Crippen LogP) is 5.01. The van der Waals surface area contributed by atoms with E-state index in [-0.39, 0.29) is 14.9 Å². The van der Waals surface area contributed by atoms with Crippen LogP contribution in [-0.4, -0.2) is 20.9 Å². The second-order valence-corrected chi connectivity index (χ2v) is 9.91. The molecule has 6 nitrogen and oxygen atoms in total. The van der Waals surface area contributed by atoms with Crippen molar-refractivity contribution in [2.24, 2.45) is 7.05 Å². The Bertz CT molecular complexity index is 1170. The summed E-state index contributed by atoms with van der Waals surface area (Å²) in [5, 5.41) is 7.93. The number of fused-ring (bicyclic) bond motifs is 1. The molecule has 0 radical (unpaired) electrons. The first-order valence-electron chi connectivity index (χ1n) is 9.54. The molecule has 1 aliphatic rings. The molecule has 1 unspecified atom stereocenters. The molecule has 0 spiro atoms. The lowest BCUT2D eigenvalue weighted by atomic mass is 9.91. The van der Waals surface area contributed by atoms with Crippen molar-refractivity contribution in [1.29, 1.82) is 0 Å². The van der Waals surface area contributed by atoms with Crippen LogP contribution < -0.4 is 10.0 Å². The van der Waals surface area contributed by atoms with Crippen molar-refractivity contribution in [1.82, 2.24) is 15.1 Å². The highest BCUT2D eigenvalue weighted by Crippen LogP contribution is 2.39. The van der Waals surface area contributed by atoms with Gasteiger partial charge in [-0.3, -0.25) is 4.68 Å². The van der Waals surface area contributed by atoms with Gasteiger partial charge in [0.2, 0.25) is 0 Å². The van der Waals surface area contributed by atoms with Gasteiger partial charge in [-0.15, -0.1) is 0 Å². The number of aromatic nitrogens is 2. The van der Waals surface area contributed by atoms with Gasteiger partial charge >= 0.3 is 10.4 Å². The van der Waals surface area contributed by atoms with Crippen LogP contribution in [0.5, 0.6) is 0 Å². The maximum Gasteiger partial charge on any atom is 0.349 e. The van der Waals surface area contributed by atoms with E-state index in [9.17, 15) is 8.76 Å². The minimum Gasteiger partial charge on any atom is -0.312 e. The molecule has 2 heterocycles. The number of nitrogens with zero attached hydrogens (tertiary/aromatic N) is 2. The average Bonchev–Trinajstić information content (AvgIpc) is 2.92. The topological polar surface area (TPSA) is 79.2 Å². The number of benzene rings is 2. The molecule has 158 valence electrons. The number of rotatable bonds is 4. The van der Waals surface area contributed by atoms with Crippen LogP contribution in [-0.2, 0) is 34.6 Å². The lowest BCUT2D eigenvalue weighted by molar-refractivity contribution is 0.503. The molecule has 3 aromatic rings. The number of hydrogen-bond donors (Lipinski definition) is 3. The average molecular weight is 466 g/mol. The third-order valence-electron chi connectivity index (χ3n) is 5.48. The van der Waals surface area contributed by atoms with Crippen molar-refractivity contribution in [3.05, 3.63) is 62.9 Å². The van der Waals surface area contributed by atoms with Gasteiger partial charge in [-0.1, -0.05) is 41.4 Å². The van der Waals surface area contributed by atoms with Crippen LogP contribution in [0.3, 0.4) is 0 Å². The Morgan fingerprint density at radius 2 is 1.93 bits per heavy atom. The quantitative estimate of drug-likeness (QED) is 0.472. The molecule has 30 heavy (non-hydrogen) atoms. The number of hydrogen-bond acceptors (Lipinski definition) is 3. The van der Waals surface area contributed by atoms with Crippen molar-refractivity contribution in [2.45, 2.75) is 31.7 Å². The SMILES string of the molecule is Cc1nn(C)c(C)c1N[S+](=O)(O)c1c(Cl)cc(-c2cccc3c2CCNC3)cc1Cl. The third kappa shape index (κ3) is 3.76. The Hall–Kier alpha value is -1.90. The maximum atomic E-state index is 13.2. The second kappa shape index (κ2) is 7.98. The zero-order chi connectivity index (χ0) is 21.6. The first-order chi connectivity index (χ1) is 14.2. The molecule has 1 aromatic heterocycles. The van der Waals surface area contributed by atoms with Gasteiger partial charge in [0, 0.05) is 13.6 Å². The monoisotopic (exact) mass is 465 g/mol. The van der Waals surface area contributed by atoms with E-state index in [0.717, 1.165) is 36.3 Å². The summed E-state index contributed by atoms with van der Waals surface area (Å²) >= 11 is 13.0. The Kier molecular flexibility index (Phi) is 5.67. The van der Waals surface area contributed by atoms with Crippen molar-refractivity contribution < 1.29 is 8.76 Å². The Morgan fingerprint density at radius 1 is 1.23 bits per heavy atom. The molecule has 9 heteroatoms. The maximum absolute atomic E-state index is 13.2. The van der Waals surface area contributed by atoms with Gasteiger partial charge in [0.1, 0.15) is 15.7 Å². The van der Waals surface area contributed by atoms with Crippen LogP contribution >= 0.6 is 23.2 Å². The van der Waals surface area contributed by atoms with E-state index in [1.165, 1.54) is 11.1 Å². The van der Waals surface area contributed by atoms with Gasteiger partial charge < -0.3 is 5.32 Å². The van der Waals surface area contributed by atoms with Crippen LogP contribution in [0.1, 0.15) is 22.5 Å². The molecule has 0 aliphatic carbocycles. The van der Waals surface area contributed by atoms with Gasteiger partial charge in [0.25, 0.3) is 4.90 Å². The number of halogens is 2. The summed E-state index contributed by atoms with van der Waals surface area (Å²) in [7, 11) is -1.97. The largest absolute Gasteiger partial charge is 0.349 e. The fourth-order valence-electron chi connectivity index (χ4n) is 3.89. The van der Waals surface area contributed by atoms with Crippen molar-refractivity contribution in [2.75, 3.05) is 11.3 Å². The van der Waals surface area contributed by atoms with E-state index in [1.807, 2.05) is 19.1 Å². The van der Waals surface area contributed by atoms with Gasteiger partial charge in [0.15, 0.2) is 0 Å². The molecule has 0 saturated carbocycles. The van der Waals surface area contributed by atoms with Gasteiger partial charge in [-0.25, -0.2) is 0 Å². The molecule has 0 saturated heterocycles. The minimum absolute atomic E-state index is 0.0244. The summed E-state index contributed by atoms with van der Waals surface area (Å²) in [6.45, 7) is 5.31. The summed E-state index contributed by atoms with van der Waals surface area (Å²) in [5.74, 6) is 0. The highest BCUT2D eigenvalue weighted by atomic mass is 35.5. The van der Waals surface area contributed by atoms with Crippen LogP contribution in [0.2, 0.25) is 10.0 Å². The first-order valence-corrected chi connectivity index (χ1v) is 11.8. The molecule has 0 bridgehead atoms. The first kappa shape index (κ1) is 21.3. The van der Waals surface area contributed by atoms with E-state index >= 15 is 0 Å². The molecule has 0 fully saturated rings. The Morgan fingerprint density at radius 3 is 2.57 bits per heavy atom. The van der Waals surface area contributed by atoms with Gasteiger partial charge in [-0.2, -0.15) is 14.4 Å². The van der Waals surface area contributed by atoms with Crippen molar-refractivity contribution in [3.63, 3.8) is 0 Å². The van der Waals surface area contributed by atoms with Crippen molar-refractivity contribution >= 4 is 39.3 Å². The summed E-state index contributed by atoms with van der Waals surface area (Å²) in [4.78, 5) is -0.0244. The smallest absolute Gasteiger partial charge is 0.312 e. The number of anilines is 1. The zero-order valence-corrected chi connectivity index (χ0v) is 19.3. The van der Waals surface area contributed by atoms with E-state index in [2.05, 4.69) is 21.2 Å². The summed E-state index contributed by atoms with van der Waals surface area (Å²) in [6.07, 6.45) is 0.903. The van der Waals surface area contributed by atoms with Crippen LogP contribution in [0, 0.1) is 13.8 Å². The lowest BCUT2D eigenvalue weighted by Gasteiger charge is -2.21. The lowest BCUT2D eigenvalue weighted by Crippen LogP contribution is -2.24. The number of nitrogens with one attached hydrogen (secondary N) is 2. The van der Waals surface area contributed by atoms with Gasteiger partial charge in [-0.05, 0) is 65.4 Å². The molecular formula is C21H23Cl2N4O2S+. The van der Waals surface area contributed by atoms with Crippen molar-refractivity contribution in [3.8, 4) is 11.1 Å². The minimum atomic E-state index is -3.75. The highest BCUT2D eigenvalue weighted by Gasteiger charge is 2.38. The summed E-state index contributed by atoms with van der Waals surface area (Å²) < 4.78 is 28.4. The third-order valence-corrected chi connectivity index (χ3v) is 7.77. The Labute approximate surface area is 187 Å². The molecule has 3 N–H and O–H groups in total. The molecule has 0 amide bonds. The molecular weight excluding hydrogens is 443 g/mol. The van der Waals surface area contributed by atoms with E-state index in [0.29, 0.717) is 11.4 Å². The standard InChI is InChI=1S/C21H22Cl2N4O2S/c1-12-20(13(2)27(3)25-12)26-30(28,29)21-18(22)9-15(10-19(21)23)16-6-4-5-14-11-24-8-7-17(14)16/h4-6,9-10,24H,7-8,11H2,1-3H3,(H-,26,28,29)/p+1. The van der Waals surface area contributed by atoms with Crippen LogP contribution in [0.4, 0.5) is 5.69 Å². The fourth-order valence-corrected chi connectivity index (χ4v) is 6.33. The second-order valence-electron chi connectivity index (χ2n) is 7.44. The highest BCUT2D eigenvalue weighted by molar-refractivity contribution is 7.99. The molecule has 1 aliphatic heterocycles. The summed E-state index contributed by atoms with van der Waals surface area (Å²) in [6, 6.07) is 9.55. The fraction of sp³-hybridized carbons (Fsp3) is 0.286. The van der Waals surface area contributed by atoms with E-state index in [4.69, 9.17) is 23.2 Å². The molecule has 2 aromatic carbocycles. The number of aryl methyl sites for hydroxylation is 2.